The van der Waals surface area contributed by atoms with Gasteiger partial charge in [-0.2, -0.15) is 0 Å². The van der Waals surface area contributed by atoms with E-state index >= 15 is 0 Å². The normalized spacial score (nSPS) is 10.1. The van der Waals surface area contributed by atoms with Crippen molar-refractivity contribution in [1.82, 2.24) is 4.98 Å². The second-order valence-corrected chi connectivity index (χ2v) is 5.15. The van der Waals surface area contributed by atoms with Crippen LogP contribution in [-0.2, 0) is 0 Å². The predicted molar refractivity (Wildman–Crippen MR) is 95.0 cm³/mol. The van der Waals surface area contributed by atoms with Gasteiger partial charge in [-0.1, -0.05) is 24.3 Å². The summed E-state index contributed by atoms with van der Waals surface area (Å²) in [6.45, 7) is 0. The molecule has 0 aliphatic carbocycles. The van der Waals surface area contributed by atoms with Crippen molar-refractivity contribution in [3.63, 3.8) is 0 Å². The zero-order valence-corrected chi connectivity index (χ0v) is 13.0. The zero-order valence-electron chi connectivity index (χ0n) is 13.0. The minimum atomic E-state index is -0.504. The number of carbonyl (C=O) groups is 1. The number of carbonyl (C=O) groups excluding carboxylic acids is 1. The Bertz CT molecular complexity index is 913. The molecule has 0 spiro atoms. The number of hydrogen-bond donors (Lipinski definition) is 2. The maximum atomic E-state index is 12.2. The molecule has 7 nitrogen and oxygen atoms in total. The average Bonchev–Trinajstić information content (AvgIpc) is 2.63. The van der Waals surface area contributed by atoms with Crippen molar-refractivity contribution in [3.05, 3.63) is 88.6 Å². The van der Waals surface area contributed by atoms with E-state index in [4.69, 9.17) is 0 Å². The lowest BCUT2D eigenvalue weighted by atomic mass is 10.2. The van der Waals surface area contributed by atoms with Gasteiger partial charge in [0.1, 0.15) is 0 Å². The summed E-state index contributed by atoms with van der Waals surface area (Å²) in [6, 6.07) is 18.6. The quantitative estimate of drug-likeness (QED) is 0.543. The lowest BCUT2D eigenvalue weighted by Crippen LogP contribution is -2.11. The molecule has 3 aromatic rings. The van der Waals surface area contributed by atoms with Crippen molar-refractivity contribution >= 4 is 28.8 Å². The second-order valence-electron chi connectivity index (χ2n) is 5.15. The molecule has 25 heavy (non-hydrogen) atoms. The van der Waals surface area contributed by atoms with Crippen molar-refractivity contribution in [1.29, 1.82) is 0 Å². The van der Waals surface area contributed by atoms with E-state index in [0.29, 0.717) is 16.9 Å². The first-order chi connectivity index (χ1) is 12.1. The fourth-order valence-corrected chi connectivity index (χ4v) is 2.24. The summed E-state index contributed by atoms with van der Waals surface area (Å²) in [4.78, 5) is 26.7. The number of rotatable bonds is 5. The van der Waals surface area contributed by atoms with Gasteiger partial charge in [0.05, 0.1) is 4.92 Å². The van der Waals surface area contributed by atoms with Crippen molar-refractivity contribution in [2.24, 2.45) is 0 Å². The topological polar surface area (TPSA) is 97.2 Å². The molecule has 3 rings (SSSR count). The standard InChI is InChI=1S/C18H14N4O3/c23-18(13-6-2-1-3-7-13)21-15-9-4-8-14(12-15)20-17-16(22(24)25)10-5-11-19-17/h1-12H,(H,19,20)(H,21,23). The van der Waals surface area contributed by atoms with Crippen LogP contribution in [0.2, 0.25) is 0 Å². The number of anilines is 3. The Balaban J connectivity index is 1.78. The molecule has 124 valence electrons. The highest BCUT2D eigenvalue weighted by Crippen LogP contribution is 2.26. The van der Waals surface area contributed by atoms with Crippen molar-refractivity contribution in [3.8, 4) is 0 Å². The molecule has 0 atom stereocenters. The van der Waals surface area contributed by atoms with E-state index in [1.54, 1.807) is 48.5 Å². The third-order valence-electron chi connectivity index (χ3n) is 3.40. The molecule has 0 fully saturated rings. The van der Waals surface area contributed by atoms with Crippen LogP contribution in [0, 0.1) is 10.1 Å². The predicted octanol–water partition coefficient (Wildman–Crippen LogP) is 3.99. The van der Waals surface area contributed by atoms with Crippen LogP contribution in [0.4, 0.5) is 22.9 Å². The molecule has 2 aromatic carbocycles. The second kappa shape index (κ2) is 7.22. The van der Waals surface area contributed by atoms with Crippen LogP contribution in [0.25, 0.3) is 0 Å². The Kier molecular flexibility index (Phi) is 4.66. The Morgan fingerprint density at radius 1 is 0.960 bits per heavy atom. The van der Waals surface area contributed by atoms with E-state index in [2.05, 4.69) is 15.6 Å². The highest BCUT2D eigenvalue weighted by molar-refractivity contribution is 6.04. The van der Waals surface area contributed by atoms with E-state index in [-0.39, 0.29) is 17.4 Å². The zero-order chi connectivity index (χ0) is 17.6. The fraction of sp³-hybridized carbons (Fsp3) is 0. The van der Waals surface area contributed by atoms with Gasteiger partial charge in [-0.15, -0.1) is 0 Å². The molecule has 1 aromatic heterocycles. The van der Waals surface area contributed by atoms with Crippen LogP contribution >= 0.6 is 0 Å². The largest absolute Gasteiger partial charge is 0.334 e. The lowest BCUT2D eigenvalue weighted by Gasteiger charge is -2.09. The van der Waals surface area contributed by atoms with Gasteiger partial charge in [-0.25, -0.2) is 4.98 Å². The molecule has 2 N–H and O–H groups in total. The monoisotopic (exact) mass is 334 g/mol. The number of benzene rings is 2. The molecule has 0 aliphatic rings. The van der Waals surface area contributed by atoms with Gasteiger partial charge in [0, 0.05) is 29.2 Å². The number of hydrogen-bond acceptors (Lipinski definition) is 5. The van der Waals surface area contributed by atoms with E-state index in [1.165, 1.54) is 18.3 Å². The van der Waals surface area contributed by atoms with Crippen LogP contribution in [0.5, 0.6) is 0 Å². The fourth-order valence-electron chi connectivity index (χ4n) is 2.24. The molecular formula is C18H14N4O3. The van der Waals surface area contributed by atoms with Gasteiger partial charge >= 0.3 is 5.69 Å². The highest BCUT2D eigenvalue weighted by atomic mass is 16.6. The van der Waals surface area contributed by atoms with Gasteiger partial charge in [0.25, 0.3) is 5.91 Å². The van der Waals surface area contributed by atoms with E-state index in [0.717, 1.165) is 0 Å². The van der Waals surface area contributed by atoms with Crippen molar-refractivity contribution < 1.29 is 9.72 Å². The molecule has 1 heterocycles. The van der Waals surface area contributed by atoms with Crippen LogP contribution in [0.1, 0.15) is 10.4 Å². The summed E-state index contributed by atoms with van der Waals surface area (Å²) >= 11 is 0. The van der Waals surface area contributed by atoms with Gasteiger partial charge in [0.15, 0.2) is 0 Å². The molecule has 0 aliphatic heterocycles. The Hall–Kier alpha value is -3.74. The number of amides is 1. The van der Waals surface area contributed by atoms with Crippen molar-refractivity contribution in [2.75, 3.05) is 10.6 Å². The summed E-state index contributed by atoms with van der Waals surface area (Å²) in [7, 11) is 0. The molecule has 0 unspecified atom stereocenters. The van der Waals surface area contributed by atoms with Crippen LogP contribution in [0.15, 0.2) is 72.9 Å². The van der Waals surface area contributed by atoms with Crippen molar-refractivity contribution in [2.45, 2.75) is 0 Å². The summed E-state index contributed by atoms with van der Waals surface area (Å²) in [5.41, 5.74) is 1.56. The van der Waals surface area contributed by atoms with Crippen LogP contribution in [0.3, 0.4) is 0 Å². The maximum Gasteiger partial charge on any atom is 0.311 e. The van der Waals surface area contributed by atoms with Gasteiger partial charge in [0.2, 0.25) is 5.82 Å². The molecule has 0 saturated carbocycles. The maximum absolute atomic E-state index is 12.2. The SMILES string of the molecule is O=C(Nc1cccc(Nc2ncccc2[N+](=O)[O-])c1)c1ccccc1. The smallest absolute Gasteiger partial charge is 0.311 e. The Morgan fingerprint density at radius 3 is 2.48 bits per heavy atom. The first-order valence-corrected chi connectivity index (χ1v) is 7.46. The Morgan fingerprint density at radius 2 is 1.72 bits per heavy atom. The number of nitrogens with one attached hydrogen (secondary N) is 2. The molecular weight excluding hydrogens is 320 g/mol. The molecule has 7 heteroatoms. The summed E-state index contributed by atoms with van der Waals surface area (Å²) in [5, 5.41) is 16.7. The molecule has 1 amide bonds. The number of pyridine rings is 1. The molecule has 0 saturated heterocycles. The van der Waals surface area contributed by atoms with Crippen LogP contribution in [-0.4, -0.2) is 15.8 Å². The van der Waals surface area contributed by atoms with Gasteiger partial charge < -0.3 is 10.6 Å². The number of nitrogens with zero attached hydrogens (tertiary/aromatic N) is 2. The van der Waals surface area contributed by atoms with Crippen LogP contribution < -0.4 is 10.6 Å². The first-order valence-electron chi connectivity index (χ1n) is 7.46. The Labute approximate surface area is 143 Å². The summed E-state index contributed by atoms with van der Waals surface area (Å²) < 4.78 is 0. The minimum Gasteiger partial charge on any atom is -0.334 e. The first kappa shape index (κ1) is 16.1. The number of aromatic nitrogens is 1. The highest BCUT2D eigenvalue weighted by Gasteiger charge is 2.14. The third kappa shape index (κ3) is 3.97. The lowest BCUT2D eigenvalue weighted by molar-refractivity contribution is -0.384. The molecule has 0 radical (unpaired) electrons. The average molecular weight is 334 g/mol. The summed E-state index contributed by atoms with van der Waals surface area (Å²) in [6.07, 6.45) is 1.47. The molecule has 0 bridgehead atoms. The minimum absolute atomic E-state index is 0.124. The van der Waals surface area contributed by atoms with E-state index in [9.17, 15) is 14.9 Å². The summed E-state index contributed by atoms with van der Waals surface area (Å²) in [5.74, 6) is -0.0967. The van der Waals surface area contributed by atoms with E-state index in [1.807, 2.05) is 6.07 Å². The van der Waals surface area contributed by atoms with E-state index < -0.39 is 4.92 Å². The van der Waals surface area contributed by atoms with Gasteiger partial charge in [-0.05, 0) is 36.4 Å². The third-order valence-corrected chi connectivity index (χ3v) is 3.40. The number of nitro groups is 1. The van der Waals surface area contributed by atoms with Gasteiger partial charge in [-0.3, -0.25) is 14.9 Å².